The minimum absolute atomic E-state index is 0.0926. The molecule has 0 fully saturated rings. The molecule has 0 saturated heterocycles. The number of nitrogens with two attached hydrogens (primary N) is 1. The Balaban J connectivity index is 2.00. The third-order valence-electron chi connectivity index (χ3n) is 3.18. The Morgan fingerprint density at radius 3 is 2.90 bits per heavy atom. The van der Waals surface area contributed by atoms with Crippen molar-refractivity contribution in [3.05, 3.63) is 48.0 Å². The molecule has 2 aromatic carbocycles. The van der Waals surface area contributed by atoms with Crippen molar-refractivity contribution in [2.45, 2.75) is 4.90 Å². The van der Waals surface area contributed by atoms with Gasteiger partial charge in [0.2, 0.25) is 0 Å². The lowest BCUT2D eigenvalue weighted by atomic mass is 10.1. The van der Waals surface area contributed by atoms with E-state index in [9.17, 15) is 9.90 Å². The van der Waals surface area contributed by atoms with E-state index in [4.69, 9.17) is 5.73 Å². The first-order valence-electron chi connectivity index (χ1n) is 6.28. The van der Waals surface area contributed by atoms with Crippen LogP contribution >= 0.6 is 11.8 Å². The second kappa shape index (κ2) is 5.09. The fourth-order valence-corrected chi connectivity index (χ4v) is 3.22. The van der Waals surface area contributed by atoms with Crippen LogP contribution in [0.25, 0.3) is 0 Å². The van der Waals surface area contributed by atoms with Crippen LogP contribution in [0.1, 0.15) is 10.4 Å². The summed E-state index contributed by atoms with van der Waals surface area (Å²) in [7, 11) is 0. The second-order valence-corrected chi connectivity index (χ2v) is 5.72. The maximum absolute atomic E-state index is 12.6. The number of carbonyl (C=O) groups is 1. The van der Waals surface area contributed by atoms with E-state index in [2.05, 4.69) is 0 Å². The van der Waals surface area contributed by atoms with E-state index in [1.807, 2.05) is 18.2 Å². The fraction of sp³-hybridized carbons (Fsp3) is 0.133. The van der Waals surface area contributed by atoms with Crippen molar-refractivity contribution in [3.8, 4) is 5.75 Å². The first kappa shape index (κ1) is 12.9. The largest absolute Gasteiger partial charge is 0.508 e. The Kier molecular flexibility index (Phi) is 3.28. The van der Waals surface area contributed by atoms with Gasteiger partial charge in [-0.25, -0.2) is 0 Å². The van der Waals surface area contributed by atoms with Crippen molar-refractivity contribution in [1.82, 2.24) is 0 Å². The summed E-state index contributed by atoms with van der Waals surface area (Å²) in [5.41, 5.74) is 7.78. The number of phenolic OH excluding ortho intramolecular Hbond substituents is 1. The number of rotatable bonds is 1. The lowest BCUT2D eigenvalue weighted by Gasteiger charge is -2.29. The molecule has 3 N–H and O–H groups in total. The van der Waals surface area contributed by atoms with Crippen molar-refractivity contribution in [1.29, 1.82) is 0 Å². The average molecular weight is 286 g/mol. The minimum atomic E-state index is -0.118. The normalized spacial score (nSPS) is 13.9. The number of hydrogen-bond acceptors (Lipinski definition) is 4. The van der Waals surface area contributed by atoms with Gasteiger partial charge in [-0.05, 0) is 36.4 Å². The third kappa shape index (κ3) is 2.32. The van der Waals surface area contributed by atoms with E-state index >= 15 is 0 Å². The number of fused-ring (bicyclic) bond motifs is 1. The molecule has 0 saturated carbocycles. The molecular weight excluding hydrogens is 272 g/mol. The zero-order valence-electron chi connectivity index (χ0n) is 10.7. The van der Waals surface area contributed by atoms with Crippen molar-refractivity contribution in [3.63, 3.8) is 0 Å². The van der Waals surface area contributed by atoms with Crippen molar-refractivity contribution >= 4 is 29.0 Å². The highest BCUT2D eigenvalue weighted by molar-refractivity contribution is 7.99. The van der Waals surface area contributed by atoms with E-state index in [-0.39, 0.29) is 11.7 Å². The van der Waals surface area contributed by atoms with Gasteiger partial charge < -0.3 is 15.7 Å². The number of benzene rings is 2. The SMILES string of the molecule is Nc1ccc2c(c1)N(C(=O)c1cccc(O)c1)CCS2. The zero-order chi connectivity index (χ0) is 14.1. The van der Waals surface area contributed by atoms with E-state index in [1.165, 1.54) is 6.07 Å². The van der Waals surface area contributed by atoms with Gasteiger partial charge in [0.25, 0.3) is 5.91 Å². The minimum Gasteiger partial charge on any atom is -0.508 e. The molecule has 1 aliphatic rings. The number of thioether (sulfide) groups is 1. The molecule has 1 aliphatic heterocycles. The van der Waals surface area contributed by atoms with Gasteiger partial charge in [0.15, 0.2) is 0 Å². The fourth-order valence-electron chi connectivity index (χ4n) is 2.24. The number of nitrogen functional groups attached to an aromatic ring is 1. The molecule has 4 nitrogen and oxygen atoms in total. The van der Waals surface area contributed by atoms with Crippen LogP contribution < -0.4 is 10.6 Å². The number of amides is 1. The van der Waals surface area contributed by atoms with Gasteiger partial charge in [0, 0.05) is 28.4 Å². The van der Waals surface area contributed by atoms with Crippen molar-refractivity contribution in [2.75, 3.05) is 22.9 Å². The number of nitrogens with zero attached hydrogens (tertiary/aromatic N) is 1. The van der Waals surface area contributed by atoms with E-state index in [1.54, 1.807) is 34.9 Å². The van der Waals surface area contributed by atoms with Gasteiger partial charge in [-0.15, -0.1) is 11.8 Å². The molecule has 5 heteroatoms. The molecule has 3 rings (SSSR count). The quantitative estimate of drug-likeness (QED) is 0.791. The maximum atomic E-state index is 12.6. The maximum Gasteiger partial charge on any atom is 0.258 e. The van der Waals surface area contributed by atoms with Gasteiger partial charge >= 0.3 is 0 Å². The molecule has 1 heterocycles. The van der Waals surface area contributed by atoms with Crippen LogP contribution in [0.5, 0.6) is 5.75 Å². The zero-order valence-corrected chi connectivity index (χ0v) is 11.6. The lowest BCUT2D eigenvalue weighted by molar-refractivity contribution is 0.0987. The molecule has 0 radical (unpaired) electrons. The van der Waals surface area contributed by atoms with Crippen LogP contribution in [0.15, 0.2) is 47.4 Å². The predicted octanol–water partition coefficient (Wildman–Crippen LogP) is 2.73. The monoisotopic (exact) mass is 286 g/mol. The number of phenols is 1. The third-order valence-corrected chi connectivity index (χ3v) is 4.23. The van der Waals surface area contributed by atoms with Crippen LogP contribution in [-0.2, 0) is 0 Å². The lowest BCUT2D eigenvalue weighted by Crippen LogP contribution is -2.35. The van der Waals surface area contributed by atoms with Gasteiger partial charge in [-0.1, -0.05) is 6.07 Å². The summed E-state index contributed by atoms with van der Waals surface area (Å²) in [6.45, 7) is 0.635. The Bertz CT molecular complexity index is 673. The molecule has 0 aromatic heterocycles. The van der Waals surface area contributed by atoms with Crippen molar-refractivity contribution in [2.24, 2.45) is 0 Å². The predicted molar refractivity (Wildman–Crippen MR) is 81.4 cm³/mol. The summed E-state index contributed by atoms with van der Waals surface area (Å²) >= 11 is 1.72. The van der Waals surface area contributed by atoms with E-state index < -0.39 is 0 Å². The summed E-state index contributed by atoms with van der Waals surface area (Å²) in [6.07, 6.45) is 0. The molecule has 0 unspecified atom stereocenters. The van der Waals surface area contributed by atoms with Crippen LogP contribution in [0.4, 0.5) is 11.4 Å². The molecule has 0 atom stereocenters. The summed E-state index contributed by atoms with van der Waals surface area (Å²) in [5, 5.41) is 9.50. The van der Waals surface area contributed by atoms with Crippen molar-refractivity contribution < 1.29 is 9.90 Å². The smallest absolute Gasteiger partial charge is 0.258 e. The number of carbonyl (C=O) groups excluding carboxylic acids is 1. The summed E-state index contributed by atoms with van der Waals surface area (Å²) in [4.78, 5) is 15.4. The van der Waals surface area contributed by atoms with Crippen LogP contribution in [0.2, 0.25) is 0 Å². The Labute approximate surface area is 121 Å². The van der Waals surface area contributed by atoms with Crippen LogP contribution in [-0.4, -0.2) is 23.3 Å². The molecule has 1 amide bonds. The molecule has 0 spiro atoms. The van der Waals surface area contributed by atoms with Crippen LogP contribution in [0, 0.1) is 0 Å². The van der Waals surface area contributed by atoms with Gasteiger partial charge in [0.1, 0.15) is 5.75 Å². The molecule has 0 bridgehead atoms. The van der Waals surface area contributed by atoms with Gasteiger partial charge in [0.05, 0.1) is 5.69 Å². The number of anilines is 2. The highest BCUT2D eigenvalue weighted by Gasteiger charge is 2.24. The van der Waals surface area contributed by atoms with Gasteiger partial charge in [-0.3, -0.25) is 4.79 Å². The molecule has 102 valence electrons. The highest BCUT2D eigenvalue weighted by Crippen LogP contribution is 2.36. The van der Waals surface area contributed by atoms with E-state index in [0.717, 1.165) is 16.3 Å². The summed E-state index contributed by atoms with van der Waals surface area (Å²) in [6, 6.07) is 12.0. The van der Waals surface area contributed by atoms with E-state index in [0.29, 0.717) is 17.8 Å². The first-order chi connectivity index (χ1) is 9.65. The Morgan fingerprint density at radius 1 is 1.25 bits per heavy atom. The second-order valence-electron chi connectivity index (χ2n) is 4.58. The highest BCUT2D eigenvalue weighted by atomic mass is 32.2. The van der Waals surface area contributed by atoms with Crippen LogP contribution in [0.3, 0.4) is 0 Å². The Hall–Kier alpha value is -2.14. The molecule has 0 aliphatic carbocycles. The number of aromatic hydroxyl groups is 1. The average Bonchev–Trinajstić information content (AvgIpc) is 2.46. The van der Waals surface area contributed by atoms with Gasteiger partial charge in [-0.2, -0.15) is 0 Å². The summed E-state index contributed by atoms with van der Waals surface area (Å²) < 4.78 is 0. The molecule has 20 heavy (non-hydrogen) atoms. The molecular formula is C15H14N2O2S. The standard InChI is InChI=1S/C15H14N2O2S/c16-11-4-5-14-13(9-11)17(6-7-20-14)15(19)10-2-1-3-12(18)8-10/h1-5,8-9,18H,6-7,16H2. The topological polar surface area (TPSA) is 66.6 Å². The number of hydrogen-bond donors (Lipinski definition) is 2. The first-order valence-corrected chi connectivity index (χ1v) is 7.27. The molecule has 2 aromatic rings. The summed E-state index contributed by atoms with van der Waals surface area (Å²) in [5.74, 6) is 0.824. The Morgan fingerprint density at radius 2 is 2.10 bits per heavy atom.